The highest BCUT2D eigenvalue weighted by molar-refractivity contribution is 7.98. The van der Waals surface area contributed by atoms with Crippen molar-refractivity contribution in [2.75, 3.05) is 12.1 Å². The molecule has 2 nitrogen and oxygen atoms in total. The van der Waals surface area contributed by atoms with Crippen LogP contribution in [0.1, 0.15) is 29.9 Å². The summed E-state index contributed by atoms with van der Waals surface area (Å²) in [7, 11) is 1.90. The van der Waals surface area contributed by atoms with Gasteiger partial charge in [0.1, 0.15) is 0 Å². The molecule has 0 atom stereocenters. The van der Waals surface area contributed by atoms with Gasteiger partial charge in [-0.2, -0.15) is 0 Å². The Balaban J connectivity index is 1.88. The third-order valence-electron chi connectivity index (χ3n) is 3.79. The Morgan fingerprint density at radius 2 is 1.95 bits per heavy atom. The van der Waals surface area contributed by atoms with Crippen LogP contribution in [0.2, 0.25) is 5.02 Å². The van der Waals surface area contributed by atoms with Crippen molar-refractivity contribution in [3.8, 4) is 0 Å². The molecule has 0 aliphatic heterocycles. The highest BCUT2D eigenvalue weighted by Gasteiger charge is 2.27. The van der Waals surface area contributed by atoms with Gasteiger partial charge in [-0.05, 0) is 48.1 Å². The van der Waals surface area contributed by atoms with Crippen LogP contribution in [0.5, 0.6) is 0 Å². The quantitative estimate of drug-likeness (QED) is 0.487. The molecule has 1 fully saturated rings. The fraction of sp³-hybridized carbons (Fsp3) is 0.294. The maximum atomic E-state index is 6.25. The van der Waals surface area contributed by atoms with Gasteiger partial charge in [0, 0.05) is 17.7 Å². The second-order valence-corrected chi connectivity index (χ2v) is 6.87. The number of rotatable bonds is 5. The molecule has 0 spiro atoms. The molecule has 1 aliphatic rings. The van der Waals surface area contributed by atoms with E-state index in [2.05, 4.69) is 24.3 Å². The van der Waals surface area contributed by atoms with Crippen LogP contribution in [-0.2, 0) is 5.75 Å². The van der Waals surface area contributed by atoms with Gasteiger partial charge >= 0.3 is 0 Å². The minimum atomic E-state index is 0.715. The van der Waals surface area contributed by atoms with E-state index in [0.717, 1.165) is 21.4 Å². The van der Waals surface area contributed by atoms with Crippen molar-refractivity contribution in [1.82, 2.24) is 0 Å². The molecule has 2 aromatic carbocycles. The van der Waals surface area contributed by atoms with Crippen molar-refractivity contribution < 1.29 is 0 Å². The lowest BCUT2D eigenvalue weighted by molar-refractivity contribution is 0.987. The predicted molar refractivity (Wildman–Crippen MR) is 92.0 cm³/mol. The monoisotopic (exact) mass is 318 g/mol. The van der Waals surface area contributed by atoms with Gasteiger partial charge in [-0.1, -0.05) is 35.9 Å². The number of hydrogen-bond donors (Lipinski definition) is 1. The second-order valence-electron chi connectivity index (χ2n) is 5.45. The number of hydrazine groups is 1. The van der Waals surface area contributed by atoms with Gasteiger partial charge < -0.3 is 5.01 Å². The maximum Gasteiger partial charge on any atom is 0.0557 e. The number of hydrogen-bond acceptors (Lipinski definition) is 3. The van der Waals surface area contributed by atoms with Crippen LogP contribution >= 0.6 is 23.4 Å². The molecule has 0 aromatic heterocycles. The minimum Gasteiger partial charge on any atom is -0.314 e. The van der Waals surface area contributed by atoms with E-state index < -0.39 is 0 Å². The lowest BCUT2D eigenvalue weighted by atomic mass is 10.0. The SMILES string of the molecule is CN(N)c1cccc(C2CC2)c1CSc1ccccc1Cl. The molecule has 1 saturated carbocycles. The van der Waals surface area contributed by atoms with Gasteiger partial charge in [-0.3, -0.25) is 0 Å². The molecular formula is C17H19ClN2S. The summed E-state index contributed by atoms with van der Waals surface area (Å²) < 4.78 is 0. The highest BCUT2D eigenvalue weighted by atomic mass is 35.5. The number of benzene rings is 2. The van der Waals surface area contributed by atoms with E-state index in [-0.39, 0.29) is 0 Å². The Hall–Kier alpha value is -1.16. The van der Waals surface area contributed by atoms with E-state index in [1.165, 1.54) is 24.0 Å². The zero-order valence-corrected chi connectivity index (χ0v) is 13.6. The molecule has 0 saturated heterocycles. The average molecular weight is 319 g/mol. The zero-order chi connectivity index (χ0) is 14.8. The van der Waals surface area contributed by atoms with E-state index in [1.54, 1.807) is 16.8 Å². The Morgan fingerprint density at radius 1 is 1.19 bits per heavy atom. The first-order valence-electron chi connectivity index (χ1n) is 7.14. The molecule has 0 radical (unpaired) electrons. The summed E-state index contributed by atoms with van der Waals surface area (Å²) in [5, 5.41) is 2.53. The Bertz CT molecular complexity index is 618. The molecule has 3 rings (SSSR count). The van der Waals surface area contributed by atoms with Crippen LogP contribution in [-0.4, -0.2) is 7.05 Å². The third kappa shape index (κ3) is 3.37. The van der Waals surface area contributed by atoms with Crippen molar-refractivity contribution in [3.05, 3.63) is 58.6 Å². The smallest absolute Gasteiger partial charge is 0.0557 e. The van der Waals surface area contributed by atoms with E-state index in [0.29, 0.717) is 5.92 Å². The van der Waals surface area contributed by atoms with Crippen molar-refractivity contribution in [1.29, 1.82) is 0 Å². The van der Waals surface area contributed by atoms with E-state index in [1.807, 2.05) is 25.2 Å². The second kappa shape index (κ2) is 6.30. The van der Waals surface area contributed by atoms with Crippen LogP contribution in [0.15, 0.2) is 47.4 Å². The molecule has 0 amide bonds. The number of halogens is 1. The largest absolute Gasteiger partial charge is 0.314 e. The van der Waals surface area contributed by atoms with Crippen molar-refractivity contribution in [2.45, 2.75) is 29.4 Å². The highest BCUT2D eigenvalue weighted by Crippen LogP contribution is 2.45. The number of thioether (sulfide) groups is 1. The summed E-state index contributed by atoms with van der Waals surface area (Å²) in [5.74, 6) is 7.61. The van der Waals surface area contributed by atoms with Crippen molar-refractivity contribution in [3.63, 3.8) is 0 Å². The fourth-order valence-corrected chi connectivity index (χ4v) is 3.86. The summed E-state index contributed by atoms with van der Waals surface area (Å²) in [6.45, 7) is 0. The van der Waals surface area contributed by atoms with Crippen molar-refractivity contribution >= 4 is 29.1 Å². The first-order chi connectivity index (χ1) is 10.2. The maximum absolute atomic E-state index is 6.25. The van der Waals surface area contributed by atoms with Gasteiger partial charge in [0.25, 0.3) is 0 Å². The minimum absolute atomic E-state index is 0.715. The average Bonchev–Trinajstić information content (AvgIpc) is 3.30. The first-order valence-corrected chi connectivity index (χ1v) is 8.50. The van der Waals surface area contributed by atoms with Crippen LogP contribution in [0.4, 0.5) is 5.69 Å². The van der Waals surface area contributed by atoms with E-state index in [4.69, 9.17) is 17.4 Å². The molecular weight excluding hydrogens is 300 g/mol. The van der Waals surface area contributed by atoms with Crippen LogP contribution < -0.4 is 10.9 Å². The standard InChI is InChI=1S/C17H19ClN2S/c1-20(19)16-7-4-5-13(12-9-10-12)14(16)11-21-17-8-3-2-6-15(17)18/h2-8,12H,9-11,19H2,1H3. The number of nitrogens with zero attached hydrogens (tertiary/aromatic N) is 1. The molecule has 21 heavy (non-hydrogen) atoms. The summed E-state index contributed by atoms with van der Waals surface area (Å²) >= 11 is 8.03. The molecule has 4 heteroatoms. The van der Waals surface area contributed by atoms with E-state index in [9.17, 15) is 0 Å². The molecule has 2 aromatic rings. The Labute approximate surface area is 135 Å². The molecule has 2 N–H and O–H groups in total. The van der Waals surface area contributed by atoms with Gasteiger partial charge in [0.05, 0.1) is 10.7 Å². The van der Waals surface area contributed by atoms with Crippen molar-refractivity contribution in [2.24, 2.45) is 5.84 Å². The molecule has 0 bridgehead atoms. The molecule has 0 heterocycles. The Morgan fingerprint density at radius 3 is 2.62 bits per heavy atom. The summed E-state index contributed by atoms with van der Waals surface area (Å²) in [5.41, 5.74) is 3.90. The van der Waals surface area contributed by atoms with Gasteiger partial charge in [-0.25, -0.2) is 5.84 Å². The third-order valence-corrected chi connectivity index (χ3v) is 5.34. The van der Waals surface area contributed by atoms with Crippen LogP contribution in [0, 0.1) is 0 Å². The summed E-state index contributed by atoms with van der Waals surface area (Å²) in [4.78, 5) is 1.12. The lowest BCUT2D eigenvalue weighted by Gasteiger charge is -2.20. The topological polar surface area (TPSA) is 29.3 Å². The number of anilines is 1. The fourth-order valence-electron chi connectivity index (χ4n) is 2.57. The van der Waals surface area contributed by atoms with Gasteiger partial charge in [-0.15, -0.1) is 11.8 Å². The summed E-state index contributed by atoms with van der Waals surface area (Å²) in [6.07, 6.45) is 2.59. The Kier molecular flexibility index (Phi) is 4.43. The molecule has 0 unspecified atom stereocenters. The van der Waals surface area contributed by atoms with E-state index >= 15 is 0 Å². The van der Waals surface area contributed by atoms with Crippen LogP contribution in [0.25, 0.3) is 0 Å². The molecule has 1 aliphatic carbocycles. The van der Waals surface area contributed by atoms with Crippen LogP contribution in [0.3, 0.4) is 0 Å². The lowest BCUT2D eigenvalue weighted by Crippen LogP contribution is -2.26. The predicted octanol–water partition coefficient (Wildman–Crippen LogP) is 4.82. The zero-order valence-electron chi connectivity index (χ0n) is 12.1. The normalized spacial score (nSPS) is 14.2. The molecule has 110 valence electrons. The summed E-state index contributed by atoms with van der Waals surface area (Å²) in [6, 6.07) is 14.4. The first kappa shape index (κ1) is 14.8. The van der Waals surface area contributed by atoms with Gasteiger partial charge in [0.15, 0.2) is 0 Å². The van der Waals surface area contributed by atoms with Gasteiger partial charge in [0.2, 0.25) is 0 Å². The number of nitrogens with two attached hydrogens (primary N) is 1.